The number of fused-ring (bicyclic) bond motifs is 3. The fourth-order valence-electron chi connectivity index (χ4n) is 3.99. The molecule has 0 aliphatic heterocycles. The van der Waals surface area contributed by atoms with Gasteiger partial charge in [-0.25, -0.2) is 6.07 Å². The molecule has 0 aromatic heterocycles. The first kappa shape index (κ1) is 33.8. The van der Waals surface area contributed by atoms with Crippen molar-refractivity contribution in [3.05, 3.63) is 145 Å². The van der Waals surface area contributed by atoms with Crippen molar-refractivity contribution < 1.29 is 51.0 Å². The molecule has 0 amide bonds. The van der Waals surface area contributed by atoms with Crippen LogP contribution in [0.15, 0.2) is 140 Å². The third kappa shape index (κ3) is 9.83. The number of halogens is 2. The van der Waals surface area contributed by atoms with E-state index < -0.39 is 0 Å². The van der Waals surface area contributed by atoms with E-state index in [4.69, 9.17) is 0 Å². The standard InChI is InChI=1S/C13H9.C12H10Si.C9H13.2ClH.Zr/c1-3-7-12-10(5-1)9-11-6-2-4-8-13(11)12;1-3-7-11(8-4-1)13-12-9-5-2-6-10-12;1-9(2,3)8-6-4-5-7-8;;;/h1-9H;1-10H;4-7H,1-3H3;2*1H;/q-1;;-1;;;+4/p-2. The Morgan fingerprint density at radius 3 is 1.34 bits per heavy atom. The Balaban J connectivity index is 0.000000279. The Bertz CT molecular complexity index is 1350. The summed E-state index contributed by atoms with van der Waals surface area (Å²) in [6, 6.07) is 48.9. The zero-order chi connectivity index (χ0) is 24.5. The van der Waals surface area contributed by atoms with Gasteiger partial charge in [0.1, 0.15) is 9.52 Å². The maximum absolute atomic E-state index is 2.24. The first-order valence-corrected chi connectivity index (χ1v) is 13.1. The average molecular weight is 631 g/mol. The Morgan fingerprint density at radius 1 is 0.553 bits per heavy atom. The zero-order valence-electron chi connectivity index (χ0n) is 22.0. The van der Waals surface area contributed by atoms with Crippen molar-refractivity contribution >= 4 is 41.4 Å². The van der Waals surface area contributed by atoms with Gasteiger partial charge in [0.25, 0.3) is 0 Å². The smallest absolute Gasteiger partial charge is 1.00 e. The van der Waals surface area contributed by atoms with Crippen LogP contribution in [0.3, 0.4) is 0 Å². The van der Waals surface area contributed by atoms with Gasteiger partial charge in [-0.3, -0.25) is 0 Å². The van der Waals surface area contributed by atoms with Crippen molar-refractivity contribution in [2.75, 3.05) is 0 Å². The molecule has 2 radical (unpaired) electrons. The maximum atomic E-state index is 2.24. The van der Waals surface area contributed by atoms with E-state index >= 15 is 0 Å². The van der Waals surface area contributed by atoms with E-state index in [0.29, 0.717) is 5.41 Å². The van der Waals surface area contributed by atoms with Gasteiger partial charge in [0.05, 0.1) is 0 Å². The molecule has 0 unspecified atom stereocenters. The molecule has 6 aromatic carbocycles. The molecule has 0 N–H and O–H groups in total. The van der Waals surface area contributed by atoms with E-state index in [1.165, 1.54) is 37.5 Å². The van der Waals surface area contributed by atoms with E-state index in [-0.39, 0.29) is 51.0 Å². The minimum atomic E-state index is 0. The Hall–Kier alpha value is -2.22. The molecule has 4 heteroatoms. The summed E-state index contributed by atoms with van der Waals surface area (Å²) >= 11 is 0. The Kier molecular flexibility index (Phi) is 14.8. The van der Waals surface area contributed by atoms with Crippen molar-refractivity contribution in [3.8, 4) is 0 Å². The molecule has 6 aromatic rings. The van der Waals surface area contributed by atoms with Crippen LogP contribution in [0.5, 0.6) is 0 Å². The van der Waals surface area contributed by atoms with Crippen molar-refractivity contribution in [1.82, 2.24) is 0 Å². The molecule has 0 fully saturated rings. The third-order valence-corrected chi connectivity index (χ3v) is 7.13. The largest absolute Gasteiger partial charge is 4.00 e. The van der Waals surface area contributed by atoms with Crippen molar-refractivity contribution in [2.45, 2.75) is 26.2 Å². The molecule has 0 saturated carbocycles. The second kappa shape index (κ2) is 16.7. The molecule has 0 atom stereocenters. The van der Waals surface area contributed by atoms with Crippen LogP contribution >= 0.6 is 0 Å². The van der Waals surface area contributed by atoms with E-state index in [1.807, 2.05) is 0 Å². The molecule has 0 bridgehead atoms. The summed E-state index contributed by atoms with van der Waals surface area (Å²) in [5, 5.41) is 8.19. The predicted molar refractivity (Wildman–Crippen MR) is 156 cm³/mol. The maximum Gasteiger partial charge on any atom is 4.00 e. The van der Waals surface area contributed by atoms with Gasteiger partial charge in [0.15, 0.2) is 0 Å². The zero-order valence-corrected chi connectivity index (χ0v) is 27.0. The fourth-order valence-corrected chi connectivity index (χ4v) is 5.04. The van der Waals surface area contributed by atoms with Gasteiger partial charge in [-0.15, -0.1) is 39.7 Å². The molecule has 0 saturated heterocycles. The average Bonchev–Trinajstić information content (AvgIpc) is 3.55. The van der Waals surface area contributed by atoms with Gasteiger partial charge < -0.3 is 24.8 Å². The summed E-state index contributed by atoms with van der Waals surface area (Å²) in [5.41, 5.74) is 1.74. The second-order valence-corrected chi connectivity index (χ2v) is 11.0. The molecule has 0 aliphatic rings. The number of hydrogen-bond acceptors (Lipinski definition) is 0. The fraction of sp³-hybridized carbons (Fsp3) is 0.118. The Morgan fingerprint density at radius 2 is 0.974 bits per heavy atom. The summed E-state index contributed by atoms with van der Waals surface area (Å²) in [6.07, 6.45) is 0. The van der Waals surface area contributed by atoms with Crippen molar-refractivity contribution in [1.29, 1.82) is 0 Å². The minimum absolute atomic E-state index is 0. The predicted octanol–water partition coefficient (Wildman–Crippen LogP) is 1.76. The molecule has 0 spiro atoms. The van der Waals surface area contributed by atoms with Crippen LogP contribution in [-0.4, -0.2) is 9.52 Å². The summed E-state index contributed by atoms with van der Waals surface area (Å²) in [5.74, 6) is 0. The number of benzene rings is 4. The van der Waals surface area contributed by atoms with Gasteiger partial charge in [-0.2, -0.15) is 23.8 Å². The van der Waals surface area contributed by atoms with Gasteiger partial charge in [0.2, 0.25) is 0 Å². The van der Waals surface area contributed by atoms with Crippen LogP contribution in [-0.2, 0) is 31.6 Å². The van der Waals surface area contributed by atoms with Gasteiger partial charge in [0, 0.05) is 0 Å². The first-order chi connectivity index (χ1) is 17.0. The summed E-state index contributed by atoms with van der Waals surface area (Å²) < 4.78 is 0. The molecule has 6 rings (SSSR count). The second-order valence-electron chi connectivity index (χ2n) is 9.60. The normalized spacial score (nSPS) is 9.97. The summed E-state index contributed by atoms with van der Waals surface area (Å²) in [7, 11) is 0.777. The SMILES string of the molecule is CC(C)(C)c1cc[cH-]c1.[Cl-].[Cl-].[Zr+4].c1ccc([Si]c2ccccc2)cc1.c1ccc2c(c1)[cH-]c1ccccc12. The van der Waals surface area contributed by atoms with E-state index in [1.54, 1.807) is 0 Å². The third-order valence-electron chi connectivity index (χ3n) is 5.89. The van der Waals surface area contributed by atoms with Crippen LogP contribution < -0.4 is 35.2 Å². The molecule has 0 heterocycles. The van der Waals surface area contributed by atoms with E-state index in [9.17, 15) is 0 Å². The van der Waals surface area contributed by atoms with Crippen LogP contribution in [0.1, 0.15) is 26.3 Å². The molecular formula is C34H32Cl2SiZr. The van der Waals surface area contributed by atoms with Crippen LogP contribution in [0.25, 0.3) is 21.5 Å². The molecule has 0 aliphatic carbocycles. The van der Waals surface area contributed by atoms with Crippen LogP contribution in [0.4, 0.5) is 0 Å². The molecule has 38 heavy (non-hydrogen) atoms. The topological polar surface area (TPSA) is 0 Å². The summed E-state index contributed by atoms with van der Waals surface area (Å²) in [6.45, 7) is 6.67. The van der Waals surface area contributed by atoms with Gasteiger partial charge >= 0.3 is 26.2 Å². The first-order valence-electron chi connectivity index (χ1n) is 12.1. The van der Waals surface area contributed by atoms with E-state index in [0.717, 1.165) is 9.52 Å². The van der Waals surface area contributed by atoms with Gasteiger partial charge in [-0.1, -0.05) is 134 Å². The quantitative estimate of drug-likeness (QED) is 0.202. The molecule has 190 valence electrons. The van der Waals surface area contributed by atoms with Crippen LogP contribution in [0.2, 0.25) is 0 Å². The van der Waals surface area contributed by atoms with Crippen LogP contribution in [0, 0.1) is 0 Å². The van der Waals surface area contributed by atoms with Crippen molar-refractivity contribution in [3.63, 3.8) is 0 Å². The number of hydrogen-bond donors (Lipinski definition) is 0. The van der Waals surface area contributed by atoms with Crippen molar-refractivity contribution in [2.24, 2.45) is 0 Å². The number of rotatable bonds is 2. The molecular weight excluding hydrogens is 599 g/mol. The minimum Gasteiger partial charge on any atom is -1.00 e. The Labute approximate surface area is 262 Å². The van der Waals surface area contributed by atoms with Gasteiger partial charge in [-0.05, 0) is 0 Å². The summed E-state index contributed by atoms with van der Waals surface area (Å²) in [4.78, 5) is 0. The molecule has 0 nitrogen and oxygen atoms in total. The monoisotopic (exact) mass is 628 g/mol. The van der Waals surface area contributed by atoms with E-state index in [2.05, 4.69) is 160 Å².